The van der Waals surface area contributed by atoms with Crippen LogP contribution in [0, 0.1) is 5.41 Å². The van der Waals surface area contributed by atoms with Gasteiger partial charge >= 0.3 is 0 Å². The summed E-state index contributed by atoms with van der Waals surface area (Å²) < 4.78 is 0. The van der Waals surface area contributed by atoms with Crippen molar-refractivity contribution in [3.05, 3.63) is 0 Å². The number of carbonyl (C=O) groups is 2. The van der Waals surface area contributed by atoms with E-state index in [9.17, 15) is 9.59 Å². The van der Waals surface area contributed by atoms with Crippen LogP contribution in [0.5, 0.6) is 0 Å². The number of likely N-dealkylation sites (tertiary alicyclic amines) is 1. The highest BCUT2D eigenvalue weighted by molar-refractivity contribution is 6.15. The summed E-state index contributed by atoms with van der Waals surface area (Å²) >= 11 is 0. The molecule has 1 unspecified atom stereocenters. The summed E-state index contributed by atoms with van der Waals surface area (Å²) in [5.74, 6) is 0.222. The predicted octanol–water partition coefficient (Wildman–Crippen LogP) is 0.589. The molecule has 1 saturated heterocycles. The van der Waals surface area contributed by atoms with Crippen LogP contribution in [-0.4, -0.2) is 66.5 Å². The van der Waals surface area contributed by atoms with E-state index in [0.29, 0.717) is 13.1 Å². The smallest absolute Gasteiger partial charge is 0.242 e. The highest BCUT2D eigenvalue weighted by Gasteiger charge is 2.48. The molecule has 5 nitrogen and oxygen atoms in total. The number of hydrogen-bond acceptors (Lipinski definition) is 4. The Balaban J connectivity index is 2.19. The second-order valence-corrected chi connectivity index (χ2v) is 6.45. The van der Waals surface area contributed by atoms with Crippen molar-refractivity contribution < 1.29 is 9.59 Å². The van der Waals surface area contributed by atoms with Crippen LogP contribution in [0.15, 0.2) is 4.99 Å². The summed E-state index contributed by atoms with van der Waals surface area (Å²) in [5.41, 5.74) is -0.118. The number of carbonyl (C=O) groups excluding carboxylic acids is 2. The van der Waals surface area contributed by atoms with Gasteiger partial charge in [-0.15, -0.1) is 0 Å². The molecule has 0 aromatic carbocycles. The quantitative estimate of drug-likeness (QED) is 0.734. The monoisotopic (exact) mass is 265 g/mol. The number of aliphatic imine (C=N–C) groups is 1. The van der Waals surface area contributed by atoms with Crippen LogP contribution in [-0.2, 0) is 9.59 Å². The lowest BCUT2D eigenvalue weighted by Gasteiger charge is -2.42. The van der Waals surface area contributed by atoms with E-state index in [0.717, 1.165) is 12.1 Å². The van der Waals surface area contributed by atoms with Gasteiger partial charge in [0.15, 0.2) is 5.78 Å². The summed E-state index contributed by atoms with van der Waals surface area (Å²) in [7, 11) is 3.80. The first-order valence-corrected chi connectivity index (χ1v) is 6.73. The Morgan fingerprint density at radius 3 is 2.63 bits per heavy atom. The second kappa shape index (κ2) is 4.40. The van der Waals surface area contributed by atoms with Crippen LogP contribution in [0.2, 0.25) is 0 Å². The van der Waals surface area contributed by atoms with Crippen molar-refractivity contribution in [1.29, 1.82) is 0 Å². The van der Waals surface area contributed by atoms with Crippen LogP contribution < -0.4 is 0 Å². The summed E-state index contributed by atoms with van der Waals surface area (Å²) in [6.07, 6.45) is 0.720. The first-order valence-electron chi connectivity index (χ1n) is 6.73. The van der Waals surface area contributed by atoms with Crippen molar-refractivity contribution in [2.24, 2.45) is 10.4 Å². The molecule has 0 aromatic rings. The molecule has 0 bridgehead atoms. The van der Waals surface area contributed by atoms with Crippen LogP contribution in [0.25, 0.3) is 0 Å². The fourth-order valence-corrected chi connectivity index (χ4v) is 2.66. The van der Waals surface area contributed by atoms with Gasteiger partial charge in [0.05, 0.1) is 17.5 Å². The van der Waals surface area contributed by atoms with Crippen LogP contribution in [0.4, 0.5) is 0 Å². The Morgan fingerprint density at radius 2 is 2.05 bits per heavy atom. The SMILES string of the molecule is CN(C)C(C)(C)C(=O)N1CCC2=NCC(=O)C2(C)C1. The van der Waals surface area contributed by atoms with E-state index in [4.69, 9.17) is 0 Å². The Kier molecular flexibility index (Phi) is 3.29. The number of likely N-dealkylation sites (N-methyl/N-ethyl adjacent to an activating group) is 1. The van der Waals surface area contributed by atoms with E-state index < -0.39 is 11.0 Å². The molecule has 2 aliphatic rings. The Bertz CT molecular complexity index is 454. The molecule has 0 aliphatic carbocycles. The maximum Gasteiger partial charge on any atom is 0.242 e. The number of fused-ring (bicyclic) bond motifs is 1. The standard InChI is InChI=1S/C14H23N3O2/c1-13(2,16(4)5)12(19)17-7-6-10-14(3,9-17)11(18)8-15-10/h6-9H2,1-5H3. The van der Waals surface area contributed by atoms with E-state index in [2.05, 4.69) is 4.99 Å². The minimum Gasteiger partial charge on any atom is -0.339 e. The number of nitrogens with zero attached hydrogens (tertiary/aromatic N) is 3. The summed E-state index contributed by atoms with van der Waals surface area (Å²) in [5, 5.41) is 0. The van der Waals surface area contributed by atoms with Gasteiger partial charge < -0.3 is 4.90 Å². The average molecular weight is 265 g/mol. The van der Waals surface area contributed by atoms with E-state index >= 15 is 0 Å². The van der Waals surface area contributed by atoms with Crippen molar-refractivity contribution in [2.45, 2.75) is 32.7 Å². The topological polar surface area (TPSA) is 53.0 Å². The van der Waals surface area contributed by atoms with Gasteiger partial charge in [-0.3, -0.25) is 19.5 Å². The van der Waals surface area contributed by atoms with Gasteiger partial charge in [-0.25, -0.2) is 0 Å². The third-order valence-electron chi connectivity index (χ3n) is 4.72. The molecule has 2 rings (SSSR count). The zero-order valence-electron chi connectivity index (χ0n) is 12.5. The lowest BCUT2D eigenvalue weighted by atomic mass is 9.78. The zero-order valence-corrected chi connectivity index (χ0v) is 12.5. The van der Waals surface area contributed by atoms with Gasteiger partial charge in [-0.2, -0.15) is 0 Å². The fourth-order valence-electron chi connectivity index (χ4n) is 2.66. The molecule has 19 heavy (non-hydrogen) atoms. The van der Waals surface area contributed by atoms with Crippen molar-refractivity contribution in [2.75, 3.05) is 33.7 Å². The molecule has 1 atom stereocenters. The highest BCUT2D eigenvalue weighted by atomic mass is 16.2. The Morgan fingerprint density at radius 1 is 1.42 bits per heavy atom. The first-order chi connectivity index (χ1) is 8.69. The Labute approximate surface area is 114 Å². The maximum atomic E-state index is 12.6. The molecule has 2 heterocycles. The molecule has 0 N–H and O–H groups in total. The fraction of sp³-hybridized carbons (Fsp3) is 0.786. The molecule has 0 spiro atoms. The van der Waals surface area contributed by atoms with Gasteiger partial charge in [0, 0.05) is 25.2 Å². The lowest BCUT2D eigenvalue weighted by Crippen LogP contribution is -2.59. The molecule has 1 amide bonds. The second-order valence-electron chi connectivity index (χ2n) is 6.45. The summed E-state index contributed by atoms with van der Waals surface area (Å²) in [6.45, 7) is 7.17. The molecule has 2 aliphatic heterocycles. The van der Waals surface area contributed by atoms with Crippen molar-refractivity contribution >= 4 is 17.4 Å². The zero-order chi connectivity index (χ0) is 14.4. The third-order valence-corrected chi connectivity index (χ3v) is 4.72. The number of amides is 1. The molecule has 0 saturated carbocycles. The number of piperidine rings is 1. The lowest BCUT2D eigenvalue weighted by molar-refractivity contribution is -0.143. The van der Waals surface area contributed by atoms with Crippen molar-refractivity contribution in [3.63, 3.8) is 0 Å². The van der Waals surface area contributed by atoms with Gasteiger partial charge in [0.2, 0.25) is 5.91 Å². The normalized spacial score (nSPS) is 27.6. The first kappa shape index (κ1) is 14.2. The minimum atomic E-state index is -0.549. The van der Waals surface area contributed by atoms with Crippen molar-refractivity contribution in [1.82, 2.24) is 9.80 Å². The molecule has 0 radical (unpaired) electrons. The molecular formula is C14H23N3O2. The average Bonchev–Trinajstić information content (AvgIpc) is 2.63. The van der Waals surface area contributed by atoms with Crippen LogP contribution in [0.3, 0.4) is 0 Å². The third kappa shape index (κ3) is 2.10. The summed E-state index contributed by atoms with van der Waals surface area (Å²) in [4.78, 5) is 32.7. The van der Waals surface area contributed by atoms with Gasteiger partial charge in [-0.1, -0.05) is 0 Å². The largest absolute Gasteiger partial charge is 0.339 e. The minimum absolute atomic E-state index is 0.0810. The number of rotatable bonds is 2. The number of Topliss-reactive ketones (excluding diaryl/α,β-unsaturated/α-hetero) is 1. The van der Waals surface area contributed by atoms with Crippen molar-refractivity contribution in [3.8, 4) is 0 Å². The maximum absolute atomic E-state index is 12.6. The van der Waals surface area contributed by atoms with Crippen LogP contribution >= 0.6 is 0 Å². The van der Waals surface area contributed by atoms with Gasteiger partial charge in [0.25, 0.3) is 0 Å². The van der Waals surface area contributed by atoms with Gasteiger partial charge in [0.1, 0.15) is 0 Å². The molecular weight excluding hydrogens is 242 g/mol. The Hall–Kier alpha value is -1.23. The predicted molar refractivity (Wildman–Crippen MR) is 74.4 cm³/mol. The molecule has 0 aromatic heterocycles. The van der Waals surface area contributed by atoms with E-state index in [1.165, 1.54) is 0 Å². The molecule has 106 valence electrons. The van der Waals surface area contributed by atoms with Crippen LogP contribution in [0.1, 0.15) is 27.2 Å². The molecule has 5 heteroatoms. The highest BCUT2D eigenvalue weighted by Crippen LogP contribution is 2.33. The number of hydrogen-bond donors (Lipinski definition) is 0. The summed E-state index contributed by atoms with van der Waals surface area (Å²) in [6, 6.07) is 0. The number of ketones is 1. The van der Waals surface area contributed by atoms with E-state index in [1.807, 2.05) is 44.7 Å². The van der Waals surface area contributed by atoms with E-state index in [1.54, 1.807) is 0 Å². The van der Waals surface area contributed by atoms with Gasteiger partial charge in [-0.05, 0) is 34.9 Å². The molecule has 1 fully saturated rings. The van der Waals surface area contributed by atoms with E-state index in [-0.39, 0.29) is 18.2 Å².